The van der Waals surface area contributed by atoms with Crippen LogP contribution in [0.5, 0.6) is 0 Å². The standard InChI is InChI=1S/C10H8F2NO5P/c11-10(12,19(16,17)18)5-13-8(14)6-3-1-2-4-7(6)9(13)15/h1-4H,5H2,(H2,16,17,18). The van der Waals surface area contributed by atoms with Crippen LogP contribution in [0.1, 0.15) is 20.7 Å². The molecule has 1 aromatic carbocycles. The number of amides is 2. The third-order valence-corrected chi connectivity index (χ3v) is 3.65. The Morgan fingerprint density at radius 2 is 1.53 bits per heavy atom. The maximum atomic E-state index is 13.2. The van der Waals surface area contributed by atoms with Gasteiger partial charge in [0, 0.05) is 0 Å². The number of nitrogens with zero attached hydrogens (tertiary/aromatic N) is 1. The van der Waals surface area contributed by atoms with Gasteiger partial charge in [-0.15, -0.1) is 0 Å². The zero-order chi connectivity index (χ0) is 14.4. The summed E-state index contributed by atoms with van der Waals surface area (Å²) in [4.78, 5) is 40.6. The molecule has 0 saturated heterocycles. The fraction of sp³-hybridized carbons (Fsp3) is 0.200. The first-order chi connectivity index (χ1) is 8.65. The minimum atomic E-state index is -5.75. The fourth-order valence-electron chi connectivity index (χ4n) is 1.67. The lowest BCUT2D eigenvalue weighted by Crippen LogP contribution is -2.40. The Morgan fingerprint density at radius 3 is 1.89 bits per heavy atom. The van der Waals surface area contributed by atoms with Crippen LogP contribution in [0.4, 0.5) is 8.78 Å². The Labute approximate surface area is 105 Å². The average Bonchev–Trinajstić information content (AvgIpc) is 2.54. The van der Waals surface area contributed by atoms with Crippen molar-refractivity contribution in [2.24, 2.45) is 0 Å². The molecule has 1 aromatic rings. The van der Waals surface area contributed by atoms with Gasteiger partial charge < -0.3 is 9.79 Å². The predicted molar refractivity (Wildman–Crippen MR) is 58.8 cm³/mol. The van der Waals surface area contributed by atoms with Gasteiger partial charge in [-0.25, -0.2) is 0 Å². The number of fused-ring (bicyclic) bond motifs is 1. The highest BCUT2D eigenvalue weighted by molar-refractivity contribution is 7.53. The van der Waals surface area contributed by atoms with E-state index < -0.39 is 31.6 Å². The van der Waals surface area contributed by atoms with Gasteiger partial charge in [-0.05, 0) is 12.1 Å². The number of rotatable bonds is 3. The molecule has 19 heavy (non-hydrogen) atoms. The van der Waals surface area contributed by atoms with Crippen LogP contribution < -0.4 is 0 Å². The number of hydrogen-bond donors (Lipinski definition) is 2. The molecule has 1 aliphatic heterocycles. The molecule has 0 radical (unpaired) electrons. The van der Waals surface area contributed by atoms with E-state index >= 15 is 0 Å². The first-order valence-electron chi connectivity index (χ1n) is 5.04. The van der Waals surface area contributed by atoms with Crippen molar-refractivity contribution in [3.63, 3.8) is 0 Å². The molecule has 2 N–H and O–H groups in total. The Kier molecular flexibility index (Phi) is 3.04. The summed E-state index contributed by atoms with van der Waals surface area (Å²) in [7, 11) is -5.75. The molecule has 0 saturated carbocycles. The number of carbonyl (C=O) groups excluding carboxylic acids is 2. The summed E-state index contributed by atoms with van der Waals surface area (Å²) in [5, 5.41) is 0. The second-order valence-corrected chi connectivity index (χ2v) is 5.69. The van der Waals surface area contributed by atoms with Gasteiger partial charge in [-0.2, -0.15) is 8.78 Å². The molecule has 1 aliphatic rings. The molecule has 6 nitrogen and oxygen atoms in total. The number of alkyl halides is 2. The Hall–Kier alpha value is -1.63. The number of imide groups is 1. The molecule has 0 aromatic heterocycles. The van der Waals surface area contributed by atoms with E-state index in [1.807, 2.05) is 0 Å². The summed E-state index contributed by atoms with van der Waals surface area (Å²) in [6.45, 7) is -1.65. The summed E-state index contributed by atoms with van der Waals surface area (Å²) >= 11 is 0. The molecule has 0 fully saturated rings. The maximum Gasteiger partial charge on any atom is 0.396 e. The normalized spacial score (nSPS) is 15.9. The van der Waals surface area contributed by atoms with Crippen molar-refractivity contribution in [3.05, 3.63) is 35.4 Å². The molecule has 102 valence electrons. The van der Waals surface area contributed by atoms with Crippen LogP contribution in [0.3, 0.4) is 0 Å². The van der Waals surface area contributed by atoms with Crippen molar-refractivity contribution in [2.45, 2.75) is 5.66 Å². The van der Waals surface area contributed by atoms with Gasteiger partial charge in [0.25, 0.3) is 11.8 Å². The van der Waals surface area contributed by atoms with Gasteiger partial charge in [-0.3, -0.25) is 19.1 Å². The molecule has 1 heterocycles. The van der Waals surface area contributed by atoms with Gasteiger partial charge in [0.2, 0.25) is 0 Å². The molecule has 0 aliphatic carbocycles. The first-order valence-corrected chi connectivity index (χ1v) is 6.65. The SMILES string of the molecule is O=C1c2ccccc2C(=O)N1CC(F)(F)P(=O)(O)O. The maximum absolute atomic E-state index is 13.2. The van der Waals surface area contributed by atoms with Gasteiger partial charge in [-0.1, -0.05) is 12.1 Å². The van der Waals surface area contributed by atoms with Crippen LogP contribution in [0.25, 0.3) is 0 Å². The zero-order valence-electron chi connectivity index (χ0n) is 9.29. The third kappa shape index (κ3) is 2.18. The summed E-state index contributed by atoms with van der Waals surface area (Å²) in [6, 6.07) is 5.47. The highest BCUT2D eigenvalue weighted by Gasteiger charge is 2.53. The number of benzene rings is 1. The van der Waals surface area contributed by atoms with Gasteiger partial charge in [0.1, 0.15) is 6.54 Å². The van der Waals surface area contributed by atoms with E-state index in [1.54, 1.807) is 0 Å². The minimum absolute atomic E-state index is 0.0611. The van der Waals surface area contributed by atoms with E-state index in [0.29, 0.717) is 0 Å². The van der Waals surface area contributed by atoms with Crippen LogP contribution in [0, 0.1) is 0 Å². The Balaban J connectivity index is 2.34. The van der Waals surface area contributed by atoms with Crippen molar-refractivity contribution in [1.82, 2.24) is 4.90 Å². The van der Waals surface area contributed by atoms with Crippen LogP contribution in [-0.2, 0) is 4.57 Å². The van der Waals surface area contributed by atoms with Gasteiger partial charge in [0.05, 0.1) is 11.1 Å². The highest BCUT2D eigenvalue weighted by Crippen LogP contribution is 2.53. The van der Waals surface area contributed by atoms with Crippen molar-refractivity contribution < 1.29 is 32.7 Å². The lowest BCUT2D eigenvalue weighted by Gasteiger charge is -2.22. The van der Waals surface area contributed by atoms with Crippen molar-refractivity contribution in [2.75, 3.05) is 6.54 Å². The van der Waals surface area contributed by atoms with Crippen molar-refractivity contribution >= 4 is 19.4 Å². The molecule has 0 spiro atoms. The van der Waals surface area contributed by atoms with E-state index in [1.165, 1.54) is 24.3 Å². The smallest absolute Gasteiger partial charge is 0.320 e. The molecule has 2 rings (SSSR count). The Bertz CT molecular complexity index is 577. The van der Waals surface area contributed by atoms with Crippen molar-refractivity contribution in [1.29, 1.82) is 0 Å². The minimum Gasteiger partial charge on any atom is -0.320 e. The Morgan fingerprint density at radius 1 is 1.11 bits per heavy atom. The van der Waals surface area contributed by atoms with Crippen molar-refractivity contribution in [3.8, 4) is 0 Å². The number of carbonyl (C=O) groups is 2. The molecular formula is C10H8F2NO5P. The monoisotopic (exact) mass is 291 g/mol. The molecule has 2 amide bonds. The average molecular weight is 291 g/mol. The second kappa shape index (κ2) is 4.19. The molecule has 9 heteroatoms. The topological polar surface area (TPSA) is 94.9 Å². The highest BCUT2D eigenvalue weighted by atomic mass is 31.2. The molecule has 0 atom stereocenters. The van der Waals surface area contributed by atoms with Gasteiger partial charge in [0.15, 0.2) is 0 Å². The molecule has 0 unspecified atom stereocenters. The number of halogens is 2. The zero-order valence-corrected chi connectivity index (χ0v) is 10.2. The molecular weight excluding hydrogens is 283 g/mol. The van der Waals surface area contributed by atoms with E-state index in [4.69, 9.17) is 9.79 Å². The lowest BCUT2D eigenvalue weighted by molar-refractivity contribution is 0.0205. The van der Waals surface area contributed by atoms with E-state index in [-0.39, 0.29) is 16.0 Å². The summed E-state index contributed by atoms with van der Waals surface area (Å²) in [6.07, 6.45) is 0. The summed E-state index contributed by atoms with van der Waals surface area (Å²) in [5.41, 5.74) is -4.59. The summed E-state index contributed by atoms with van der Waals surface area (Å²) in [5.74, 6) is -1.98. The van der Waals surface area contributed by atoms with E-state index in [2.05, 4.69) is 0 Å². The second-order valence-electron chi connectivity index (χ2n) is 3.95. The number of hydrogen-bond acceptors (Lipinski definition) is 3. The summed E-state index contributed by atoms with van der Waals surface area (Å²) < 4.78 is 37.1. The third-order valence-electron chi connectivity index (χ3n) is 2.65. The lowest BCUT2D eigenvalue weighted by atomic mass is 10.1. The predicted octanol–water partition coefficient (Wildman–Crippen LogP) is 1.05. The fourth-order valence-corrected chi connectivity index (χ4v) is 1.99. The van der Waals surface area contributed by atoms with E-state index in [0.717, 1.165) is 0 Å². The first kappa shape index (κ1) is 13.8. The quantitative estimate of drug-likeness (QED) is 0.641. The van der Waals surface area contributed by atoms with Crippen LogP contribution in [-0.4, -0.2) is 38.7 Å². The van der Waals surface area contributed by atoms with Crippen LogP contribution in [0.15, 0.2) is 24.3 Å². The van der Waals surface area contributed by atoms with E-state index in [9.17, 15) is 22.9 Å². The largest absolute Gasteiger partial charge is 0.396 e. The molecule has 0 bridgehead atoms. The van der Waals surface area contributed by atoms with Gasteiger partial charge >= 0.3 is 13.3 Å². The van der Waals surface area contributed by atoms with Crippen LogP contribution >= 0.6 is 7.60 Å². The van der Waals surface area contributed by atoms with Crippen LogP contribution in [0.2, 0.25) is 0 Å².